The van der Waals surface area contributed by atoms with Crippen molar-refractivity contribution in [3.8, 4) is 5.75 Å². The van der Waals surface area contributed by atoms with Gasteiger partial charge in [-0.05, 0) is 75.9 Å². The monoisotopic (exact) mass is 591 g/mol. The molecule has 0 unspecified atom stereocenters. The number of rotatable bonds is 3. The Balaban J connectivity index is 2.35. The number of hydrogen-bond donors (Lipinski definition) is 2. The van der Waals surface area contributed by atoms with Crippen LogP contribution >= 0.6 is 79.6 Å². The number of aromatic nitrogens is 1. The molecule has 0 saturated heterocycles. The molecule has 0 aliphatic heterocycles. The lowest BCUT2D eigenvalue weighted by molar-refractivity contribution is 0.0987. The van der Waals surface area contributed by atoms with Crippen LogP contribution < -0.4 is 0 Å². The molecule has 0 fully saturated rings. The van der Waals surface area contributed by atoms with Crippen molar-refractivity contribution < 1.29 is 9.90 Å². The zero-order valence-corrected chi connectivity index (χ0v) is 17.5. The first kappa shape index (κ1) is 16.7. The standard InChI is InChI=1S/C12H6Br5NO2/c13-5-1-4(11(20)6(14)3-5)2-7(19)10-8(15)9(16)12(17)18-10/h1,3,18,20H,2H2. The minimum absolute atomic E-state index is 0.0716. The molecule has 0 amide bonds. The topological polar surface area (TPSA) is 53.1 Å². The van der Waals surface area contributed by atoms with Crippen molar-refractivity contribution in [3.05, 3.63) is 45.9 Å². The smallest absolute Gasteiger partial charge is 0.184 e. The molecule has 1 aromatic carbocycles. The quantitative estimate of drug-likeness (QED) is 0.431. The first-order valence-electron chi connectivity index (χ1n) is 5.23. The van der Waals surface area contributed by atoms with Gasteiger partial charge in [0.2, 0.25) is 0 Å². The lowest BCUT2D eigenvalue weighted by Gasteiger charge is -2.06. The molecule has 106 valence electrons. The van der Waals surface area contributed by atoms with E-state index in [4.69, 9.17) is 0 Å². The summed E-state index contributed by atoms with van der Waals surface area (Å²) in [7, 11) is 0. The molecule has 0 spiro atoms. The third kappa shape index (κ3) is 3.40. The van der Waals surface area contributed by atoms with Gasteiger partial charge in [0.1, 0.15) is 5.75 Å². The van der Waals surface area contributed by atoms with E-state index in [0.717, 1.165) is 8.95 Å². The molecule has 2 N–H and O–H groups in total. The summed E-state index contributed by atoms with van der Waals surface area (Å²) in [6, 6.07) is 3.44. The fourth-order valence-corrected chi connectivity index (χ4v) is 4.43. The van der Waals surface area contributed by atoms with Crippen LogP contribution in [0, 0.1) is 0 Å². The molecule has 0 aliphatic rings. The summed E-state index contributed by atoms with van der Waals surface area (Å²) in [5.41, 5.74) is 0.990. The molecule has 2 aromatic rings. The number of halogens is 5. The minimum atomic E-state index is -0.136. The average molecular weight is 596 g/mol. The molecule has 1 aromatic heterocycles. The zero-order valence-electron chi connectivity index (χ0n) is 9.61. The number of carbonyl (C=O) groups is 1. The first-order chi connectivity index (χ1) is 9.31. The molecule has 0 bridgehead atoms. The van der Waals surface area contributed by atoms with E-state index >= 15 is 0 Å². The van der Waals surface area contributed by atoms with Crippen molar-refractivity contribution in [3.63, 3.8) is 0 Å². The van der Waals surface area contributed by atoms with E-state index < -0.39 is 0 Å². The van der Waals surface area contributed by atoms with Crippen LogP contribution in [0.5, 0.6) is 5.75 Å². The number of phenols is 1. The Bertz CT molecular complexity index is 696. The number of H-pyrrole nitrogens is 1. The number of nitrogens with one attached hydrogen (secondary N) is 1. The molecule has 0 saturated carbocycles. The van der Waals surface area contributed by atoms with E-state index in [9.17, 15) is 9.90 Å². The highest BCUT2D eigenvalue weighted by Gasteiger charge is 2.20. The molecule has 0 atom stereocenters. The summed E-state index contributed by atoms with van der Waals surface area (Å²) < 4.78 is 3.43. The van der Waals surface area contributed by atoms with Crippen molar-refractivity contribution in [2.45, 2.75) is 6.42 Å². The number of aromatic hydroxyl groups is 1. The Hall–Kier alpha value is 0.370. The molecule has 8 heteroatoms. The maximum atomic E-state index is 12.3. The van der Waals surface area contributed by atoms with Crippen LogP contribution in [0.15, 0.2) is 34.6 Å². The summed E-state index contributed by atoms with van der Waals surface area (Å²) in [5, 5.41) is 9.99. The van der Waals surface area contributed by atoms with Crippen molar-refractivity contribution in [2.24, 2.45) is 0 Å². The fraction of sp³-hybridized carbons (Fsp3) is 0.0833. The van der Waals surface area contributed by atoms with Gasteiger partial charge in [-0.3, -0.25) is 4.79 Å². The Morgan fingerprint density at radius 2 is 1.75 bits per heavy atom. The maximum Gasteiger partial charge on any atom is 0.184 e. The SMILES string of the molecule is O=C(Cc1cc(Br)cc(Br)c1O)c1[nH]c(Br)c(Br)c1Br. The number of carbonyl (C=O) groups excluding carboxylic acids is 1. The van der Waals surface area contributed by atoms with Gasteiger partial charge < -0.3 is 10.1 Å². The number of phenolic OH excluding ortho intramolecular Hbond substituents is 1. The lowest BCUT2D eigenvalue weighted by Crippen LogP contribution is -2.05. The zero-order chi connectivity index (χ0) is 15.0. The van der Waals surface area contributed by atoms with Gasteiger partial charge >= 0.3 is 0 Å². The van der Waals surface area contributed by atoms with Crippen LogP contribution in [-0.4, -0.2) is 15.9 Å². The number of ketones is 1. The summed E-state index contributed by atoms with van der Waals surface area (Å²) >= 11 is 16.6. The normalized spacial score (nSPS) is 10.8. The van der Waals surface area contributed by atoms with E-state index in [2.05, 4.69) is 84.6 Å². The predicted octanol–water partition coefficient (Wildman–Crippen LogP) is 5.96. The number of benzene rings is 1. The van der Waals surface area contributed by atoms with Gasteiger partial charge in [-0.15, -0.1) is 0 Å². The van der Waals surface area contributed by atoms with E-state index in [0.29, 0.717) is 24.8 Å². The fourth-order valence-electron chi connectivity index (χ4n) is 1.63. The number of Topliss-reactive ketones (excluding diaryl/α,β-unsaturated/α-hetero) is 1. The molecule has 0 aliphatic carbocycles. The van der Waals surface area contributed by atoms with Gasteiger partial charge in [0.05, 0.1) is 23.7 Å². The van der Waals surface area contributed by atoms with Crippen LogP contribution in [0.2, 0.25) is 0 Å². The summed E-state index contributed by atoms with van der Waals surface area (Å²) in [5.74, 6) is -0.0639. The van der Waals surface area contributed by atoms with Crippen molar-refractivity contribution in [1.82, 2.24) is 4.98 Å². The molecule has 20 heavy (non-hydrogen) atoms. The van der Waals surface area contributed by atoms with Gasteiger partial charge in [-0.2, -0.15) is 0 Å². The Kier molecular flexibility index (Phi) is 5.56. The summed E-state index contributed by atoms with van der Waals surface area (Å²) in [4.78, 5) is 15.3. The van der Waals surface area contributed by atoms with Crippen molar-refractivity contribution in [2.75, 3.05) is 0 Å². The van der Waals surface area contributed by atoms with Gasteiger partial charge in [-0.25, -0.2) is 0 Å². The molecule has 1 heterocycles. The molecule has 0 radical (unpaired) electrons. The Labute approximate surface area is 157 Å². The summed E-state index contributed by atoms with van der Waals surface area (Å²) in [6.07, 6.45) is 0.0852. The third-order valence-corrected chi connectivity index (χ3v) is 6.88. The molecular weight excluding hydrogens is 590 g/mol. The van der Waals surface area contributed by atoms with E-state index in [1.165, 1.54) is 0 Å². The number of aromatic amines is 1. The highest BCUT2D eigenvalue weighted by atomic mass is 79.9. The van der Waals surface area contributed by atoms with Crippen LogP contribution in [0.1, 0.15) is 16.1 Å². The number of hydrogen-bond acceptors (Lipinski definition) is 2. The van der Waals surface area contributed by atoms with Crippen LogP contribution in [0.3, 0.4) is 0 Å². The first-order valence-corrected chi connectivity index (χ1v) is 9.20. The highest BCUT2D eigenvalue weighted by Crippen LogP contribution is 2.36. The van der Waals surface area contributed by atoms with Crippen molar-refractivity contribution >= 4 is 85.4 Å². The van der Waals surface area contributed by atoms with E-state index in [1.54, 1.807) is 12.1 Å². The Morgan fingerprint density at radius 1 is 1.10 bits per heavy atom. The van der Waals surface area contributed by atoms with Gasteiger partial charge in [0.15, 0.2) is 5.78 Å². The van der Waals surface area contributed by atoms with Crippen LogP contribution in [0.4, 0.5) is 0 Å². The minimum Gasteiger partial charge on any atom is -0.506 e. The third-order valence-electron chi connectivity index (χ3n) is 2.58. The molecular formula is C12H6Br5NO2. The predicted molar refractivity (Wildman–Crippen MR) is 95.4 cm³/mol. The maximum absolute atomic E-state index is 12.3. The molecule has 2 rings (SSSR count). The van der Waals surface area contributed by atoms with Crippen LogP contribution in [-0.2, 0) is 6.42 Å². The Morgan fingerprint density at radius 3 is 2.30 bits per heavy atom. The highest BCUT2D eigenvalue weighted by molar-refractivity contribution is 9.14. The largest absolute Gasteiger partial charge is 0.506 e. The van der Waals surface area contributed by atoms with Gasteiger partial charge in [0.25, 0.3) is 0 Å². The van der Waals surface area contributed by atoms with Gasteiger partial charge in [0, 0.05) is 16.5 Å². The van der Waals surface area contributed by atoms with Gasteiger partial charge in [-0.1, -0.05) is 15.9 Å². The second-order valence-electron chi connectivity index (χ2n) is 3.94. The lowest BCUT2D eigenvalue weighted by atomic mass is 10.1. The second-order valence-corrected chi connectivity index (χ2v) is 8.09. The van der Waals surface area contributed by atoms with E-state index in [1.807, 2.05) is 0 Å². The van der Waals surface area contributed by atoms with Crippen LogP contribution in [0.25, 0.3) is 0 Å². The average Bonchev–Trinajstić information content (AvgIpc) is 2.63. The second kappa shape index (κ2) is 6.64. The molecule has 3 nitrogen and oxygen atoms in total. The van der Waals surface area contributed by atoms with E-state index in [-0.39, 0.29) is 18.0 Å². The summed E-state index contributed by atoms with van der Waals surface area (Å²) in [6.45, 7) is 0. The van der Waals surface area contributed by atoms with Crippen molar-refractivity contribution in [1.29, 1.82) is 0 Å².